The summed E-state index contributed by atoms with van der Waals surface area (Å²) in [7, 11) is 0. The predicted octanol–water partition coefficient (Wildman–Crippen LogP) is 3.72. The van der Waals surface area contributed by atoms with Crippen LogP contribution in [-0.4, -0.2) is 26.9 Å². The summed E-state index contributed by atoms with van der Waals surface area (Å²) in [6, 6.07) is 7.29. The van der Waals surface area contributed by atoms with Crippen molar-refractivity contribution < 1.29 is 4.79 Å². The van der Waals surface area contributed by atoms with Gasteiger partial charge in [-0.2, -0.15) is 0 Å². The van der Waals surface area contributed by atoms with Gasteiger partial charge in [0, 0.05) is 30.0 Å². The monoisotopic (exact) mass is 323 g/mol. The highest BCUT2D eigenvalue weighted by Gasteiger charge is 2.29. The first-order chi connectivity index (χ1) is 9.97. The van der Waals surface area contributed by atoms with Crippen molar-refractivity contribution >= 4 is 29.1 Å². The van der Waals surface area contributed by atoms with Crippen LogP contribution in [0.15, 0.2) is 24.3 Å². The van der Waals surface area contributed by atoms with Gasteiger partial charge in [-0.1, -0.05) is 23.2 Å². The third-order valence-corrected chi connectivity index (χ3v) is 4.35. The number of fused-ring (bicyclic) bond motifs is 1. The Bertz CT molecular complexity index is 691. The number of nitrogens with zero attached hydrogens (tertiary/aromatic N) is 3. The lowest BCUT2D eigenvalue weighted by Gasteiger charge is -2.35. The SMILES string of the molecule is Cc1ccc2n1CCN(C(=O)c1cc(Cl)nc(Cl)c1)C2C. The van der Waals surface area contributed by atoms with E-state index in [1.54, 1.807) is 12.1 Å². The van der Waals surface area contributed by atoms with Crippen molar-refractivity contribution in [2.45, 2.75) is 26.4 Å². The molecule has 0 spiro atoms. The van der Waals surface area contributed by atoms with Gasteiger partial charge in [0.25, 0.3) is 5.91 Å². The maximum absolute atomic E-state index is 12.7. The first-order valence-electron chi connectivity index (χ1n) is 6.77. The molecule has 0 saturated heterocycles. The van der Waals surface area contributed by atoms with Crippen LogP contribution in [0.3, 0.4) is 0 Å². The van der Waals surface area contributed by atoms with Crippen LogP contribution in [-0.2, 0) is 6.54 Å². The molecule has 3 heterocycles. The first-order valence-corrected chi connectivity index (χ1v) is 7.53. The Morgan fingerprint density at radius 1 is 1.24 bits per heavy atom. The van der Waals surface area contributed by atoms with Crippen molar-refractivity contribution in [1.29, 1.82) is 0 Å². The number of pyridine rings is 1. The van der Waals surface area contributed by atoms with Crippen LogP contribution < -0.4 is 0 Å². The van der Waals surface area contributed by atoms with Crippen LogP contribution in [0, 0.1) is 6.92 Å². The molecule has 0 bridgehead atoms. The number of aromatic nitrogens is 2. The smallest absolute Gasteiger partial charge is 0.254 e. The van der Waals surface area contributed by atoms with Crippen molar-refractivity contribution in [2.75, 3.05) is 6.54 Å². The summed E-state index contributed by atoms with van der Waals surface area (Å²) < 4.78 is 2.25. The summed E-state index contributed by atoms with van der Waals surface area (Å²) in [5.74, 6) is -0.0706. The average Bonchev–Trinajstić information content (AvgIpc) is 2.80. The summed E-state index contributed by atoms with van der Waals surface area (Å²) >= 11 is 11.8. The number of halogens is 2. The van der Waals surface area contributed by atoms with Gasteiger partial charge in [0.05, 0.1) is 6.04 Å². The van der Waals surface area contributed by atoms with Crippen LogP contribution in [0.25, 0.3) is 0 Å². The topological polar surface area (TPSA) is 38.1 Å². The lowest BCUT2D eigenvalue weighted by Crippen LogP contribution is -2.41. The molecule has 0 fully saturated rings. The van der Waals surface area contributed by atoms with Gasteiger partial charge in [-0.05, 0) is 38.1 Å². The standard InChI is InChI=1S/C15H15Cl2N3O/c1-9-3-4-12-10(2)20(6-5-19(9)12)15(21)11-7-13(16)18-14(17)8-11/h3-4,7-8,10H,5-6H2,1-2H3. The van der Waals surface area contributed by atoms with E-state index in [9.17, 15) is 4.79 Å². The summed E-state index contributed by atoms with van der Waals surface area (Å²) in [4.78, 5) is 18.4. The molecule has 2 aromatic rings. The van der Waals surface area contributed by atoms with Gasteiger partial charge in [0.1, 0.15) is 10.3 Å². The summed E-state index contributed by atoms with van der Waals surface area (Å²) in [6.45, 7) is 5.58. The molecule has 3 rings (SSSR count). The van der Waals surface area contributed by atoms with E-state index in [4.69, 9.17) is 23.2 Å². The minimum atomic E-state index is -0.0706. The second kappa shape index (κ2) is 5.35. The predicted molar refractivity (Wildman–Crippen MR) is 82.9 cm³/mol. The van der Waals surface area contributed by atoms with E-state index in [1.807, 2.05) is 11.8 Å². The fourth-order valence-electron chi connectivity index (χ4n) is 2.85. The molecule has 0 N–H and O–H groups in total. The summed E-state index contributed by atoms with van der Waals surface area (Å²) in [5, 5.41) is 0.462. The van der Waals surface area contributed by atoms with Crippen molar-refractivity contribution in [3.05, 3.63) is 51.5 Å². The van der Waals surface area contributed by atoms with Gasteiger partial charge in [-0.3, -0.25) is 4.79 Å². The van der Waals surface area contributed by atoms with Crippen molar-refractivity contribution in [3.8, 4) is 0 Å². The van der Waals surface area contributed by atoms with E-state index in [0.29, 0.717) is 12.1 Å². The average molecular weight is 324 g/mol. The Morgan fingerprint density at radius 3 is 2.57 bits per heavy atom. The fourth-order valence-corrected chi connectivity index (χ4v) is 3.31. The molecule has 0 aliphatic carbocycles. The molecule has 1 atom stereocenters. The Balaban J connectivity index is 1.92. The molecule has 0 radical (unpaired) electrons. The maximum Gasteiger partial charge on any atom is 0.254 e. The summed E-state index contributed by atoms with van der Waals surface area (Å²) in [5.41, 5.74) is 2.85. The van der Waals surface area contributed by atoms with Gasteiger partial charge < -0.3 is 9.47 Å². The molecule has 1 aliphatic heterocycles. The van der Waals surface area contributed by atoms with Crippen molar-refractivity contribution in [2.24, 2.45) is 0 Å². The van der Waals surface area contributed by atoms with Gasteiger partial charge in [-0.15, -0.1) is 0 Å². The number of aryl methyl sites for hydroxylation is 1. The van der Waals surface area contributed by atoms with Gasteiger partial charge in [0.2, 0.25) is 0 Å². The Hall–Kier alpha value is -1.52. The van der Waals surface area contributed by atoms with Crippen molar-refractivity contribution in [1.82, 2.24) is 14.5 Å². The third-order valence-electron chi connectivity index (χ3n) is 3.96. The van der Waals surface area contributed by atoms with Crippen LogP contribution in [0.2, 0.25) is 10.3 Å². The van der Waals surface area contributed by atoms with E-state index < -0.39 is 0 Å². The maximum atomic E-state index is 12.7. The third kappa shape index (κ3) is 2.54. The van der Waals surface area contributed by atoms with Gasteiger partial charge >= 0.3 is 0 Å². The first kappa shape index (κ1) is 14.4. The normalized spacial score (nSPS) is 17.7. The lowest BCUT2D eigenvalue weighted by atomic mass is 10.1. The second-order valence-corrected chi connectivity index (χ2v) is 6.00. The molecule has 1 amide bonds. The molecule has 21 heavy (non-hydrogen) atoms. The number of carbonyl (C=O) groups is 1. The highest BCUT2D eigenvalue weighted by molar-refractivity contribution is 6.33. The lowest BCUT2D eigenvalue weighted by molar-refractivity contribution is 0.0642. The highest BCUT2D eigenvalue weighted by Crippen LogP contribution is 2.29. The summed E-state index contributed by atoms with van der Waals surface area (Å²) in [6.07, 6.45) is 0. The van der Waals surface area contributed by atoms with E-state index >= 15 is 0 Å². The zero-order chi connectivity index (χ0) is 15.1. The van der Waals surface area contributed by atoms with Crippen LogP contribution in [0.5, 0.6) is 0 Å². The van der Waals surface area contributed by atoms with E-state index in [1.165, 1.54) is 5.69 Å². The van der Waals surface area contributed by atoms with E-state index in [2.05, 4.69) is 28.6 Å². The number of amides is 1. The largest absolute Gasteiger partial charge is 0.345 e. The zero-order valence-electron chi connectivity index (χ0n) is 11.8. The van der Waals surface area contributed by atoms with Gasteiger partial charge in [0.15, 0.2) is 0 Å². The second-order valence-electron chi connectivity index (χ2n) is 5.23. The van der Waals surface area contributed by atoms with E-state index in [-0.39, 0.29) is 22.3 Å². The molecular weight excluding hydrogens is 309 g/mol. The van der Waals surface area contributed by atoms with E-state index in [0.717, 1.165) is 12.2 Å². The number of hydrogen-bond acceptors (Lipinski definition) is 2. The molecule has 4 nitrogen and oxygen atoms in total. The molecule has 110 valence electrons. The zero-order valence-corrected chi connectivity index (χ0v) is 13.3. The highest BCUT2D eigenvalue weighted by atomic mass is 35.5. The number of rotatable bonds is 1. The molecule has 1 unspecified atom stereocenters. The molecule has 0 saturated carbocycles. The van der Waals surface area contributed by atoms with Crippen LogP contribution in [0.1, 0.15) is 34.7 Å². The minimum Gasteiger partial charge on any atom is -0.345 e. The fraction of sp³-hybridized carbons (Fsp3) is 0.333. The van der Waals surface area contributed by atoms with Gasteiger partial charge in [-0.25, -0.2) is 4.98 Å². The molecule has 6 heteroatoms. The van der Waals surface area contributed by atoms with Crippen LogP contribution in [0.4, 0.5) is 0 Å². The minimum absolute atomic E-state index is 0.0191. The van der Waals surface area contributed by atoms with Crippen molar-refractivity contribution in [3.63, 3.8) is 0 Å². The van der Waals surface area contributed by atoms with Crippen LogP contribution >= 0.6 is 23.2 Å². The quantitative estimate of drug-likeness (QED) is 0.750. The number of hydrogen-bond donors (Lipinski definition) is 0. The Morgan fingerprint density at radius 2 is 1.90 bits per heavy atom. The molecule has 0 aromatic carbocycles. The molecule has 1 aliphatic rings. The molecular formula is C15H15Cl2N3O. The Labute approximate surface area is 133 Å². The molecule has 2 aromatic heterocycles. The number of carbonyl (C=O) groups excluding carboxylic acids is 1. The Kier molecular flexibility index (Phi) is 3.68.